The number of nitrogens with zero attached hydrogens (tertiary/aromatic N) is 1. The van der Waals surface area contributed by atoms with E-state index in [0.717, 1.165) is 0 Å². The van der Waals surface area contributed by atoms with Gasteiger partial charge in [0.1, 0.15) is 0 Å². The first-order valence-electron chi connectivity index (χ1n) is 6.35. The number of hydrogen-bond acceptors (Lipinski definition) is 5. The molecule has 1 aromatic carbocycles. The van der Waals surface area contributed by atoms with Crippen LogP contribution in [0.1, 0.15) is 18.9 Å². The van der Waals surface area contributed by atoms with E-state index in [-0.39, 0.29) is 5.70 Å². The Balaban J connectivity index is 3.19. The summed E-state index contributed by atoms with van der Waals surface area (Å²) >= 11 is 0. The van der Waals surface area contributed by atoms with Gasteiger partial charge in [-0.3, -0.25) is 10.1 Å². The van der Waals surface area contributed by atoms with Crippen molar-refractivity contribution in [1.29, 1.82) is 0 Å². The van der Waals surface area contributed by atoms with Gasteiger partial charge in [0.25, 0.3) is 0 Å². The van der Waals surface area contributed by atoms with Crippen molar-refractivity contribution in [2.45, 2.75) is 13.3 Å². The molecule has 0 saturated heterocycles. The molecule has 1 rings (SSSR count). The van der Waals surface area contributed by atoms with Crippen molar-refractivity contribution in [3.63, 3.8) is 0 Å². The van der Waals surface area contributed by atoms with Crippen LogP contribution in [0.3, 0.4) is 0 Å². The summed E-state index contributed by atoms with van der Waals surface area (Å²) in [5.74, 6) is 1.39. The van der Waals surface area contributed by atoms with Crippen molar-refractivity contribution in [2.75, 3.05) is 20.8 Å². The predicted octanol–water partition coefficient (Wildman–Crippen LogP) is 3.30. The highest BCUT2D eigenvalue weighted by molar-refractivity contribution is 5.62. The van der Waals surface area contributed by atoms with Gasteiger partial charge in [-0.15, -0.1) is 6.58 Å². The van der Waals surface area contributed by atoms with Gasteiger partial charge in [-0.25, -0.2) is 0 Å². The first-order chi connectivity index (χ1) is 10.0. The Labute approximate surface area is 123 Å². The van der Waals surface area contributed by atoms with E-state index in [1.807, 2.05) is 0 Å². The lowest BCUT2D eigenvalue weighted by Gasteiger charge is -2.14. The van der Waals surface area contributed by atoms with Gasteiger partial charge < -0.3 is 14.2 Å². The summed E-state index contributed by atoms with van der Waals surface area (Å²) < 4.78 is 16.2. The van der Waals surface area contributed by atoms with Crippen molar-refractivity contribution >= 4 is 6.08 Å². The minimum atomic E-state index is -0.451. The molecule has 0 spiro atoms. The van der Waals surface area contributed by atoms with Crippen LogP contribution in [0.5, 0.6) is 17.2 Å². The number of allylic oxidation sites excluding steroid dienone is 1. The highest BCUT2D eigenvalue weighted by Crippen LogP contribution is 2.39. The summed E-state index contributed by atoms with van der Waals surface area (Å²) in [6.45, 7) is 5.49. The van der Waals surface area contributed by atoms with Gasteiger partial charge in [0, 0.05) is 13.0 Å². The molecule has 0 aromatic heterocycles. The standard InChI is InChI=1S/C15H19NO5/c1-5-6-7-21-15-13(19-3)9-12(10-14(15)20-4)8-11(2)16(17)18/h5,8-10H,1,6-7H2,2-4H3. The molecule has 0 saturated carbocycles. The van der Waals surface area contributed by atoms with Crippen LogP contribution in [0.4, 0.5) is 0 Å². The number of benzene rings is 1. The molecule has 6 nitrogen and oxygen atoms in total. The Kier molecular flexibility index (Phi) is 6.26. The van der Waals surface area contributed by atoms with E-state index >= 15 is 0 Å². The number of methoxy groups -OCH3 is 2. The maximum Gasteiger partial charge on any atom is 0.243 e. The molecule has 6 heteroatoms. The summed E-state index contributed by atoms with van der Waals surface area (Å²) in [7, 11) is 3.01. The zero-order valence-electron chi connectivity index (χ0n) is 12.4. The third-order valence-corrected chi connectivity index (χ3v) is 2.71. The quantitative estimate of drug-likeness (QED) is 0.318. The monoisotopic (exact) mass is 293 g/mol. The summed E-state index contributed by atoms with van der Waals surface area (Å²) in [6, 6.07) is 3.33. The smallest absolute Gasteiger partial charge is 0.243 e. The SMILES string of the molecule is C=CCCOc1c(OC)cc(C=C(C)[N+](=O)[O-])cc1OC. The lowest BCUT2D eigenvalue weighted by atomic mass is 10.1. The average molecular weight is 293 g/mol. The second kappa shape index (κ2) is 7.94. The van der Waals surface area contributed by atoms with Gasteiger partial charge in [-0.05, 0) is 24.1 Å². The minimum Gasteiger partial charge on any atom is -0.493 e. The van der Waals surface area contributed by atoms with Crippen LogP contribution in [0, 0.1) is 10.1 Å². The summed E-state index contributed by atoms with van der Waals surface area (Å²) in [5.41, 5.74) is 0.633. The fourth-order valence-corrected chi connectivity index (χ4v) is 1.66. The molecule has 0 unspecified atom stereocenters. The molecular weight excluding hydrogens is 274 g/mol. The van der Waals surface area contributed by atoms with Gasteiger partial charge in [0.15, 0.2) is 11.5 Å². The second-order valence-corrected chi connectivity index (χ2v) is 4.22. The van der Waals surface area contributed by atoms with E-state index in [1.165, 1.54) is 27.2 Å². The number of rotatable bonds is 8. The lowest BCUT2D eigenvalue weighted by Crippen LogP contribution is -2.01. The molecule has 0 bridgehead atoms. The van der Waals surface area contributed by atoms with Crippen LogP contribution in [0.15, 0.2) is 30.5 Å². The topological polar surface area (TPSA) is 70.8 Å². The molecule has 0 radical (unpaired) electrons. The molecular formula is C15H19NO5. The van der Waals surface area contributed by atoms with Crippen molar-refractivity contribution in [2.24, 2.45) is 0 Å². The molecule has 1 aromatic rings. The molecule has 0 fully saturated rings. The average Bonchev–Trinajstić information content (AvgIpc) is 2.47. The molecule has 0 N–H and O–H groups in total. The highest BCUT2D eigenvalue weighted by atomic mass is 16.6. The van der Waals surface area contributed by atoms with Crippen LogP contribution in [0.2, 0.25) is 0 Å². The molecule has 21 heavy (non-hydrogen) atoms. The molecule has 0 atom stereocenters. The van der Waals surface area contributed by atoms with E-state index in [9.17, 15) is 10.1 Å². The zero-order chi connectivity index (χ0) is 15.8. The van der Waals surface area contributed by atoms with Crippen LogP contribution < -0.4 is 14.2 Å². The third-order valence-electron chi connectivity index (χ3n) is 2.71. The van der Waals surface area contributed by atoms with E-state index in [1.54, 1.807) is 18.2 Å². The van der Waals surface area contributed by atoms with E-state index in [4.69, 9.17) is 14.2 Å². The van der Waals surface area contributed by atoms with E-state index < -0.39 is 4.92 Å². The zero-order valence-corrected chi connectivity index (χ0v) is 12.4. The van der Waals surface area contributed by atoms with Crippen LogP contribution >= 0.6 is 0 Å². The lowest BCUT2D eigenvalue weighted by molar-refractivity contribution is -0.422. The first-order valence-corrected chi connectivity index (χ1v) is 6.35. The van der Waals surface area contributed by atoms with E-state index in [0.29, 0.717) is 35.8 Å². The Hall–Kier alpha value is -2.50. The largest absolute Gasteiger partial charge is 0.493 e. The van der Waals surface area contributed by atoms with Gasteiger partial charge in [0.05, 0.1) is 25.7 Å². The Morgan fingerprint density at radius 3 is 2.33 bits per heavy atom. The van der Waals surface area contributed by atoms with Crippen molar-refractivity contribution in [1.82, 2.24) is 0 Å². The molecule has 0 aliphatic heterocycles. The molecule has 0 aliphatic carbocycles. The normalized spacial score (nSPS) is 10.9. The molecule has 0 amide bonds. The minimum absolute atomic E-state index is 0.0273. The maximum atomic E-state index is 10.7. The summed E-state index contributed by atoms with van der Waals surface area (Å²) in [4.78, 5) is 10.2. The molecule has 114 valence electrons. The molecule has 0 aliphatic rings. The number of nitro groups is 1. The fourth-order valence-electron chi connectivity index (χ4n) is 1.66. The Bertz CT molecular complexity index is 526. The second-order valence-electron chi connectivity index (χ2n) is 4.22. The third kappa shape index (κ3) is 4.52. The number of ether oxygens (including phenoxy) is 3. The Morgan fingerprint density at radius 2 is 1.90 bits per heavy atom. The summed E-state index contributed by atoms with van der Waals surface area (Å²) in [6.07, 6.45) is 3.88. The number of hydrogen-bond donors (Lipinski definition) is 0. The van der Waals surface area contributed by atoms with Crippen molar-refractivity contribution < 1.29 is 19.1 Å². The molecule has 0 heterocycles. The fraction of sp³-hybridized carbons (Fsp3) is 0.333. The summed E-state index contributed by atoms with van der Waals surface area (Å²) in [5, 5.41) is 10.7. The predicted molar refractivity (Wildman–Crippen MR) is 80.5 cm³/mol. The van der Waals surface area contributed by atoms with Crippen molar-refractivity contribution in [3.05, 3.63) is 46.2 Å². The van der Waals surface area contributed by atoms with Gasteiger partial charge >= 0.3 is 0 Å². The van der Waals surface area contributed by atoms with Gasteiger partial charge in [-0.2, -0.15) is 0 Å². The highest BCUT2D eigenvalue weighted by Gasteiger charge is 2.14. The van der Waals surface area contributed by atoms with Crippen LogP contribution in [-0.2, 0) is 0 Å². The van der Waals surface area contributed by atoms with Gasteiger partial charge in [0.2, 0.25) is 11.4 Å². The Morgan fingerprint density at radius 1 is 1.33 bits per heavy atom. The van der Waals surface area contributed by atoms with Gasteiger partial charge in [-0.1, -0.05) is 6.08 Å². The van der Waals surface area contributed by atoms with E-state index in [2.05, 4.69) is 6.58 Å². The first kappa shape index (κ1) is 16.6. The maximum absolute atomic E-state index is 10.7. The van der Waals surface area contributed by atoms with Crippen LogP contribution in [-0.4, -0.2) is 25.7 Å². The van der Waals surface area contributed by atoms with Crippen molar-refractivity contribution in [3.8, 4) is 17.2 Å². The van der Waals surface area contributed by atoms with Crippen LogP contribution in [0.25, 0.3) is 6.08 Å².